The zero-order valence-corrected chi connectivity index (χ0v) is 23.5. The minimum Gasteiger partial charge on any atom is -0.493 e. The van der Waals surface area contributed by atoms with Crippen molar-refractivity contribution in [2.45, 2.75) is 47.0 Å². The number of nitrogens with one attached hydrogen (secondary N) is 1. The van der Waals surface area contributed by atoms with Crippen molar-refractivity contribution >= 4 is 34.1 Å². The number of fused-ring (bicyclic) bond motifs is 1. The van der Waals surface area contributed by atoms with Crippen LogP contribution >= 0.6 is 11.3 Å². The number of methoxy groups -OCH3 is 3. The van der Waals surface area contributed by atoms with Gasteiger partial charge >= 0.3 is 0 Å². The molecule has 1 aromatic heterocycles. The predicted octanol–water partition coefficient (Wildman–Crippen LogP) is 7.24. The average molecular weight is 521 g/mol. The number of aliphatic imine (C=N–C) groups is 1. The fourth-order valence-electron chi connectivity index (χ4n) is 4.82. The highest BCUT2D eigenvalue weighted by atomic mass is 32.1. The average Bonchev–Trinajstić information content (AvgIpc) is 3.25. The number of carbonyl (C=O) groups is 1. The number of hydrogen-bond donors (Lipinski definition) is 1. The number of ether oxygens (including phenoxy) is 3. The second kappa shape index (κ2) is 11.0. The van der Waals surface area contributed by atoms with Crippen LogP contribution in [0.2, 0.25) is 0 Å². The minimum absolute atomic E-state index is 0.123. The normalized spacial score (nSPS) is 15.4. The van der Waals surface area contributed by atoms with Gasteiger partial charge in [0.15, 0.2) is 11.5 Å². The number of nitrogens with zero attached hydrogens (tertiary/aromatic N) is 1. The summed E-state index contributed by atoms with van der Waals surface area (Å²) < 4.78 is 16.6. The molecule has 0 spiro atoms. The highest BCUT2D eigenvalue weighted by Crippen LogP contribution is 2.46. The van der Waals surface area contributed by atoms with Gasteiger partial charge in [-0.15, -0.1) is 11.3 Å². The molecule has 0 aliphatic heterocycles. The largest absolute Gasteiger partial charge is 0.493 e. The molecule has 0 saturated heterocycles. The third-order valence-electron chi connectivity index (χ3n) is 7.06. The summed E-state index contributed by atoms with van der Waals surface area (Å²) in [6.45, 7) is 8.92. The van der Waals surface area contributed by atoms with Gasteiger partial charge < -0.3 is 19.5 Å². The van der Waals surface area contributed by atoms with E-state index < -0.39 is 0 Å². The standard InChI is InChI=1S/C30H36N2O4S/c1-18-8-12-21(13-9-18)32-28(33)25-22-14-11-20(30(2,3)4)16-24(22)37-29(25)31-17-19-10-15-23(34-5)27(36-7)26(19)35-6/h8-10,12-13,15,17,20H,11,14,16H2,1-7H3,(H,32,33)/b31-17-. The van der Waals surface area contributed by atoms with Gasteiger partial charge in [-0.3, -0.25) is 4.79 Å². The molecule has 1 N–H and O–H groups in total. The summed E-state index contributed by atoms with van der Waals surface area (Å²) in [4.78, 5) is 19.7. The van der Waals surface area contributed by atoms with Gasteiger partial charge in [-0.2, -0.15) is 0 Å². The topological polar surface area (TPSA) is 69.2 Å². The summed E-state index contributed by atoms with van der Waals surface area (Å²) in [6.07, 6.45) is 4.63. The van der Waals surface area contributed by atoms with Crippen molar-refractivity contribution in [3.8, 4) is 17.2 Å². The van der Waals surface area contributed by atoms with E-state index in [1.165, 1.54) is 4.88 Å². The molecule has 1 unspecified atom stereocenters. The first kappa shape index (κ1) is 26.7. The molecule has 1 atom stereocenters. The molecule has 2 aromatic carbocycles. The Morgan fingerprint density at radius 2 is 1.73 bits per heavy atom. The van der Waals surface area contributed by atoms with Crippen molar-refractivity contribution in [3.05, 3.63) is 63.5 Å². The summed E-state index contributed by atoms with van der Waals surface area (Å²) in [6, 6.07) is 11.5. The first-order valence-electron chi connectivity index (χ1n) is 12.5. The first-order chi connectivity index (χ1) is 17.7. The van der Waals surface area contributed by atoms with Crippen LogP contribution < -0.4 is 19.5 Å². The number of amides is 1. The van der Waals surface area contributed by atoms with Crippen LogP contribution in [0.25, 0.3) is 0 Å². The van der Waals surface area contributed by atoms with Gasteiger partial charge in [-0.25, -0.2) is 4.99 Å². The maximum Gasteiger partial charge on any atom is 0.259 e. The first-order valence-corrected chi connectivity index (χ1v) is 13.3. The molecule has 4 rings (SSSR count). The van der Waals surface area contributed by atoms with Gasteiger partial charge in [0, 0.05) is 22.3 Å². The molecule has 0 radical (unpaired) electrons. The number of benzene rings is 2. The predicted molar refractivity (Wildman–Crippen MR) is 152 cm³/mol. The molecule has 0 saturated carbocycles. The van der Waals surface area contributed by atoms with Crippen LogP contribution in [-0.4, -0.2) is 33.5 Å². The van der Waals surface area contributed by atoms with Crippen LogP contribution in [0.1, 0.15) is 59.1 Å². The number of hydrogen-bond acceptors (Lipinski definition) is 6. The molecule has 3 aromatic rings. The molecule has 1 aliphatic carbocycles. The highest BCUT2D eigenvalue weighted by Gasteiger charge is 2.33. The van der Waals surface area contributed by atoms with Crippen molar-refractivity contribution in [3.63, 3.8) is 0 Å². The number of carbonyl (C=O) groups excluding carboxylic acids is 1. The molecule has 6 nitrogen and oxygen atoms in total. The maximum absolute atomic E-state index is 13.6. The molecule has 0 fully saturated rings. The Hall–Kier alpha value is -3.32. The summed E-state index contributed by atoms with van der Waals surface area (Å²) >= 11 is 1.62. The Morgan fingerprint density at radius 1 is 1.03 bits per heavy atom. The lowest BCUT2D eigenvalue weighted by atomic mass is 9.72. The van der Waals surface area contributed by atoms with E-state index in [4.69, 9.17) is 19.2 Å². The van der Waals surface area contributed by atoms with Crippen LogP contribution in [-0.2, 0) is 12.8 Å². The Balaban J connectivity index is 1.75. The molecule has 1 heterocycles. The Morgan fingerprint density at radius 3 is 2.35 bits per heavy atom. The number of thiophene rings is 1. The van der Waals surface area contributed by atoms with E-state index in [0.29, 0.717) is 33.7 Å². The molecule has 1 aliphatic rings. The molecular weight excluding hydrogens is 484 g/mol. The lowest BCUT2D eigenvalue weighted by Crippen LogP contribution is -2.27. The van der Waals surface area contributed by atoms with E-state index in [1.807, 2.05) is 43.3 Å². The number of rotatable bonds is 7. The second-order valence-corrected chi connectivity index (χ2v) is 11.6. The fourth-order valence-corrected chi connectivity index (χ4v) is 6.09. The van der Waals surface area contributed by atoms with Crippen LogP contribution in [0.15, 0.2) is 41.4 Å². The molecule has 0 bridgehead atoms. The van der Waals surface area contributed by atoms with Crippen LogP contribution in [0.5, 0.6) is 17.2 Å². The second-order valence-electron chi connectivity index (χ2n) is 10.5. The van der Waals surface area contributed by atoms with Gasteiger partial charge in [-0.1, -0.05) is 38.5 Å². The van der Waals surface area contributed by atoms with Crippen molar-refractivity contribution in [1.82, 2.24) is 0 Å². The van der Waals surface area contributed by atoms with Gasteiger partial charge in [0.05, 0.1) is 26.9 Å². The number of anilines is 1. The van der Waals surface area contributed by atoms with E-state index in [-0.39, 0.29) is 11.3 Å². The van der Waals surface area contributed by atoms with E-state index in [1.54, 1.807) is 38.9 Å². The summed E-state index contributed by atoms with van der Waals surface area (Å²) in [5.74, 6) is 2.06. The van der Waals surface area contributed by atoms with E-state index in [0.717, 1.165) is 41.6 Å². The lowest BCUT2D eigenvalue weighted by molar-refractivity contribution is 0.102. The minimum atomic E-state index is -0.123. The van der Waals surface area contributed by atoms with E-state index in [2.05, 4.69) is 26.1 Å². The van der Waals surface area contributed by atoms with Gasteiger partial charge in [0.2, 0.25) is 5.75 Å². The van der Waals surface area contributed by atoms with Crippen LogP contribution in [0.3, 0.4) is 0 Å². The highest BCUT2D eigenvalue weighted by molar-refractivity contribution is 7.16. The van der Waals surface area contributed by atoms with Gasteiger partial charge in [-0.05, 0) is 67.3 Å². The Bertz CT molecular complexity index is 1300. The van der Waals surface area contributed by atoms with Crippen LogP contribution in [0, 0.1) is 18.3 Å². The zero-order valence-electron chi connectivity index (χ0n) is 22.7. The van der Waals surface area contributed by atoms with Crippen molar-refractivity contribution in [1.29, 1.82) is 0 Å². The van der Waals surface area contributed by atoms with Gasteiger partial charge in [0.1, 0.15) is 5.00 Å². The van der Waals surface area contributed by atoms with Crippen molar-refractivity contribution in [2.75, 3.05) is 26.6 Å². The monoisotopic (exact) mass is 520 g/mol. The molecule has 7 heteroatoms. The fraction of sp³-hybridized carbons (Fsp3) is 0.400. The van der Waals surface area contributed by atoms with E-state index in [9.17, 15) is 4.79 Å². The van der Waals surface area contributed by atoms with E-state index >= 15 is 0 Å². The third-order valence-corrected chi connectivity index (χ3v) is 8.23. The summed E-state index contributed by atoms with van der Waals surface area (Å²) in [5, 5.41) is 3.80. The smallest absolute Gasteiger partial charge is 0.259 e. The summed E-state index contributed by atoms with van der Waals surface area (Å²) in [7, 11) is 4.75. The molecule has 1 amide bonds. The van der Waals surface area contributed by atoms with Crippen LogP contribution in [0.4, 0.5) is 10.7 Å². The van der Waals surface area contributed by atoms with Crippen molar-refractivity contribution < 1.29 is 19.0 Å². The van der Waals surface area contributed by atoms with Crippen molar-refractivity contribution in [2.24, 2.45) is 16.3 Å². The molecule has 37 heavy (non-hydrogen) atoms. The quantitative estimate of drug-likeness (QED) is 0.334. The maximum atomic E-state index is 13.6. The Kier molecular flexibility index (Phi) is 7.93. The number of aryl methyl sites for hydroxylation is 1. The summed E-state index contributed by atoms with van der Waals surface area (Å²) in [5.41, 5.74) is 4.67. The third kappa shape index (κ3) is 5.67. The SMILES string of the molecule is COc1ccc(/C=N\c2sc3c(c2C(=O)Nc2ccc(C)cc2)CCC(C(C)(C)C)C3)c(OC)c1OC. The Labute approximate surface area is 223 Å². The molecule has 196 valence electrons. The zero-order chi connectivity index (χ0) is 26.7. The van der Waals surface area contributed by atoms with Gasteiger partial charge in [0.25, 0.3) is 5.91 Å². The molecular formula is C30H36N2O4S. The lowest BCUT2D eigenvalue weighted by Gasteiger charge is -2.33.